The minimum Gasteiger partial charge on any atom is -0.369 e. The number of anilines is 2. The Morgan fingerprint density at radius 3 is 2.55 bits per heavy atom. The fourth-order valence-corrected chi connectivity index (χ4v) is 5.59. The van der Waals surface area contributed by atoms with Crippen LogP contribution in [0, 0.1) is 13.8 Å². The second-order valence-corrected chi connectivity index (χ2v) is 10.1. The summed E-state index contributed by atoms with van der Waals surface area (Å²) in [6.45, 7) is 5.04. The SMILES string of the molecule is Cc1cc(C)n(-c2cc(NCCNS(=O)(=O)c3cc4c5c(c3)CCN5C(=O)CC4)ncn2)n1. The molecule has 0 atom stereocenters. The van der Waals surface area contributed by atoms with E-state index in [2.05, 4.69) is 25.1 Å². The molecule has 0 bridgehead atoms. The molecule has 33 heavy (non-hydrogen) atoms. The molecule has 10 nitrogen and oxygen atoms in total. The number of benzene rings is 1. The summed E-state index contributed by atoms with van der Waals surface area (Å²) in [5.74, 6) is 1.34. The van der Waals surface area contributed by atoms with E-state index < -0.39 is 10.0 Å². The topological polar surface area (TPSA) is 122 Å². The Labute approximate surface area is 192 Å². The molecule has 2 aliphatic heterocycles. The minimum atomic E-state index is -3.67. The van der Waals surface area contributed by atoms with Crippen LogP contribution in [-0.2, 0) is 27.7 Å². The van der Waals surface area contributed by atoms with E-state index in [1.807, 2.05) is 19.9 Å². The monoisotopic (exact) mass is 467 g/mol. The van der Waals surface area contributed by atoms with Crippen LogP contribution in [0.5, 0.6) is 0 Å². The van der Waals surface area contributed by atoms with Gasteiger partial charge in [0.1, 0.15) is 12.1 Å². The first-order chi connectivity index (χ1) is 15.8. The molecule has 0 fully saturated rings. The smallest absolute Gasteiger partial charge is 0.240 e. The number of sulfonamides is 1. The number of amides is 1. The van der Waals surface area contributed by atoms with Crippen LogP contribution in [0.2, 0.25) is 0 Å². The molecule has 2 aliphatic rings. The van der Waals surface area contributed by atoms with Crippen molar-refractivity contribution in [1.29, 1.82) is 0 Å². The molecule has 1 aromatic carbocycles. The van der Waals surface area contributed by atoms with Gasteiger partial charge in [0.2, 0.25) is 15.9 Å². The minimum absolute atomic E-state index is 0.117. The van der Waals surface area contributed by atoms with Gasteiger partial charge in [0, 0.05) is 37.8 Å². The van der Waals surface area contributed by atoms with Crippen molar-refractivity contribution >= 4 is 27.4 Å². The van der Waals surface area contributed by atoms with E-state index in [-0.39, 0.29) is 17.3 Å². The van der Waals surface area contributed by atoms with Gasteiger partial charge in [-0.05, 0) is 56.0 Å². The standard InChI is InChI=1S/C22H25N7O3S/c1-14-9-15(2)29(27-14)20-12-19(24-13-25-20)23-6-7-26-33(31,32)18-10-16-3-4-21(30)28-8-5-17(11-18)22(16)28/h9-13,26H,3-8H2,1-2H3,(H,23,24,25). The highest BCUT2D eigenvalue weighted by atomic mass is 32.2. The average molecular weight is 468 g/mol. The predicted octanol–water partition coefficient (Wildman–Crippen LogP) is 1.50. The average Bonchev–Trinajstić information content (AvgIpc) is 3.37. The lowest BCUT2D eigenvalue weighted by Gasteiger charge is -2.25. The van der Waals surface area contributed by atoms with Crippen LogP contribution < -0.4 is 14.9 Å². The highest BCUT2D eigenvalue weighted by Gasteiger charge is 2.32. The number of nitrogens with zero attached hydrogens (tertiary/aromatic N) is 5. The molecule has 0 saturated heterocycles. The number of nitrogens with one attached hydrogen (secondary N) is 2. The fraction of sp³-hybridized carbons (Fsp3) is 0.364. The molecular weight excluding hydrogens is 442 g/mol. The first-order valence-corrected chi connectivity index (χ1v) is 12.4. The molecule has 172 valence electrons. The zero-order valence-electron chi connectivity index (χ0n) is 18.5. The third-order valence-electron chi connectivity index (χ3n) is 5.94. The number of hydrogen-bond acceptors (Lipinski definition) is 7. The van der Waals surface area contributed by atoms with Gasteiger partial charge in [0.15, 0.2) is 5.82 Å². The van der Waals surface area contributed by atoms with E-state index >= 15 is 0 Å². The molecular formula is C22H25N7O3S. The van der Waals surface area contributed by atoms with Gasteiger partial charge in [-0.2, -0.15) is 5.10 Å². The summed E-state index contributed by atoms with van der Waals surface area (Å²) < 4.78 is 30.2. The number of carbonyl (C=O) groups is 1. The summed E-state index contributed by atoms with van der Waals surface area (Å²) in [4.78, 5) is 22.6. The van der Waals surface area contributed by atoms with Crippen LogP contribution in [0.4, 0.5) is 11.5 Å². The van der Waals surface area contributed by atoms with E-state index in [9.17, 15) is 13.2 Å². The Hall–Kier alpha value is -3.31. The van der Waals surface area contributed by atoms with E-state index in [0.29, 0.717) is 44.0 Å². The molecule has 0 saturated carbocycles. The second-order valence-electron chi connectivity index (χ2n) is 8.31. The maximum absolute atomic E-state index is 12.9. The van der Waals surface area contributed by atoms with Crippen LogP contribution in [0.3, 0.4) is 0 Å². The number of aromatic nitrogens is 4. The van der Waals surface area contributed by atoms with Crippen LogP contribution in [-0.4, -0.2) is 53.7 Å². The van der Waals surface area contributed by atoms with Gasteiger partial charge in [0.25, 0.3) is 0 Å². The Bertz CT molecular complexity index is 1350. The molecule has 0 unspecified atom stereocenters. The Morgan fingerprint density at radius 1 is 1.00 bits per heavy atom. The second kappa shape index (κ2) is 8.23. The highest BCUT2D eigenvalue weighted by molar-refractivity contribution is 7.89. The predicted molar refractivity (Wildman–Crippen MR) is 123 cm³/mol. The molecule has 0 spiro atoms. The highest BCUT2D eigenvalue weighted by Crippen LogP contribution is 2.38. The molecule has 3 aromatic rings. The van der Waals surface area contributed by atoms with Gasteiger partial charge in [-0.3, -0.25) is 4.79 Å². The Balaban J connectivity index is 1.24. The van der Waals surface area contributed by atoms with Gasteiger partial charge >= 0.3 is 0 Å². The van der Waals surface area contributed by atoms with Crippen LogP contribution in [0.1, 0.15) is 28.9 Å². The van der Waals surface area contributed by atoms with Crippen LogP contribution in [0.15, 0.2) is 35.5 Å². The maximum atomic E-state index is 12.9. The van der Waals surface area contributed by atoms with Gasteiger partial charge in [-0.15, -0.1) is 0 Å². The van der Waals surface area contributed by atoms with Crippen molar-refractivity contribution in [3.05, 3.63) is 53.1 Å². The third-order valence-corrected chi connectivity index (χ3v) is 7.38. The number of aryl methyl sites for hydroxylation is 3. The number of rotatable bonds is 7. The van der Waals surface area contributed by atoms with Gasteiger partial charge < -0.3 is 10.2 Å². The summed E-state index contributed by atoms with van der Waals surface area (Å²) in [7, 11) is -3.67. The molecule has 2 aromatic heterocycles. The first kappa shape index (κ1) is 21.5. The van der Waals surface area contributed by atoms with E-state index in [0.717, 1.165) is 28.2 Å². The molecule has 2 N–H and O–H groups in total. The van der Waals surface area contributed by atoms with Crippen molar-refractivity contribution in [2.45, 2.75) is 38.0 Å². The lowest BCUT2D eigenvalue weighted by molar-refractivity contribution is -0.118. The molecule has 0 aliphatic carbocycles. The summed E-state index contributed by atoms with van der Waals surface area (Å²) in [5, 5.41) is 7.55. The summed E-state index contributed by atoms with van der Waals surface area (Å²) in [6.07, 6.45) is 3.13. The largest absolute Gasteiger partial charge is 0.369 e. The zero-order chi connectivity index (χ0) is 23.2. The summed E-state index contributed by atoms with van der Waals surface area (Å²) in [5.41, 5.74) is 4.63. The van der Waals surface area contributed by atoms with Crippen LogP contribution >= 0.6 is 0 Å². The number of carbonyl (C=O) groups excluding carboxylic acids is 1. The maximum Gasteiger partial charge on any atom is 0.240 e. The van der Waals surface area contributed by atoms with Crippen molar-refractivity contribution in [2.24, 2.45) is 0 Å². The molecule has 11 heteroatoms. The third kappa shape index (κ3) is 4.09. The lowest BCUT2D eigenvalue weighted by atomic mass is 10.00. The molecule has 4 heterocycles. The van der Waals surface area contributed by atoms with Crippen molar-refractivity contribution < 1.29 is 13.2 Å². The molecule has 1 amide bonds. The van der Waals surface area contributed by atoms with Gasteiger partial charge in [0.05, 0.1) is 16.3 Å². The van der Waals surface area contributed by atoms with Crippen LogP contribution in [0.25, 0.3) is 5.82 Å². The van der Waals surface area contributed by atoms with E-state index in [1.165, 1.54) is 6.33 Å². The lowest BCUT2D eigenvalue weighted by Crippen LogP contribution is -2.33. The van der Waals surface area contributed by atoms with Gasteiger partial charge in [-0.1, -0.05) is 0 Å². The molecule has 0 radical (unpaired) electrons. The Kier molecular flexibility index (Phi) is 5.37. The van der Waals surface area contributed by atoms with Crippen molar-refractivity contribution in [2.75, 3.05) is 29.9 Å². The van der Waals surface area contributed by atoms with Crippen molar-refractivity contribution in [3.8, 4) is 5.82 Å². The zero-order valence-corrected chi connectivity index (χ0v) is 19.3. The normalized spacial score (nSPS) is 15.1. The van der Waals surface area contributed by atoms with E-state index in [4.69, 9.17) is 0 Å². The Morgan fingerprint density at radius 2 is 1.79 bits per heavy atom. The van der Waals surface area contributed by atoms with Crippen molar-refractivity contribution in [3.63, 3.8) is 0 Å². The number of hydrogen-bond donors (Lipinski definition) is 2. The fourth-order valence-electron chi connectivity index (χ4n) is 4.46. The summed E-state index contributed by atoms with van der Waals surface area (Å²) in [6, 6.07) is 7.13. The summed E-state index contributed by atoms with van der Waals surface area (Å²) >= 11 is 0. The molecule has 5 rings (SSSR count). The van der Waals surface area contributed by atoms with E-state index in [1.54, 1.807) is 27.8 Å². The van der Waals surface area contributed by atoms with Gasteiger partial charge in [-0.25, -0.2) is 27.8 Å². The quantitative estimate of drug-likeness (QED) is 0.505. The first-order valence-electron chi connectivity index (χ1n) is 10.9. The van der Waals surface area contributed by atoms with Crippen molar-refractivity contribution in [1.82, 2.24) is 24.5 Å².